The Labute approximate surface area is 112 Å². The number of rotatable bonds is 0. The lowest BCUT2D eigenvalue weighted by molar-refractivity contribution is -0.0971. The summed E-state index contributed by atoms with van der Waals surface area (Å²) in [6.07, 6.45) is 2.23. The molecule has 0 aliphatic carbocycles. The zero-order valence-corrected chi connectivity index (χ0v) is 11.5. The quantitative estimate of drug-likeness (QED) is 0.774. The van der Waals surface area contributed by atoms with E-state index in [9.17, 15) is 4.79 Å². The van der Waals surface area contributed by atoms with Crippen LogP contribution in [0.1, 0.15) is 38.1 Å². The van der Waals surface area contributed by atoms with Crippen LogP contribution in [-0.4, -0.2) is 46.0 Å². The molecule has 1 N–H and O–H groups in total. The van der Waals surface area contributed by atoms with Gasteiger partial charge in [-0.3, -0.25) is 5.10 Å². The lowest BCUT2D eigenvalue weighted by atomic mass is 9.98. The van der Waals surface area contributed by atoms with E-state index in [1.807, 2.05) is 20.8 Å². The van der Waals surface area contributed by atoms with Gasteiger partial charge in [0.05, 0.1) is 25.4 Å². The summed E-state index contributed by atoms with van der Waals surface area (Å²) in [6.45, 7) is 6.73. The van der Waals surface area contributed by atoms with Gasteiger partial charge in [-0.25, -0.2) is 4.79 Å². The predicted molar refractivity (Wildman–Crippen MR) is 67.7 cm³/mol. The van der Waals surface area contributed by atoms with E-state index in [0.29, 0.717) is 13.1 Å². The molecule has 0 spiro atoms. The molecule has 1 fully saturated rings. The van der Waals surface area contributed by atoms with Gasteiger partial charge in [-0.15, -0.1) is 0 Å². The van der Waals surface area contributed by atoms with Crippen LogP contribution >= 0.6 is 0 Å². The summed E-state index contributed by atoms with van der Waals surface area (Å²) in [6, 6.07) is 0. The molecule has 1 amide bonds. The van der Waals surface area contributed by atoms with Crippen molar-refractivity contribution in [2.24, 2.45) is 0 Å². The fraction of sp³-hybridized carbons (Fsp3) is 0.692. The highest BCUT2D eigenvalue weighted by Gasteiger charge is 2.38. The summed E-state index contributed by atoms with van der Waals surface area (Å²) in [7, 11) is 0. The minimum Gasteiger partial charge on any atom is -0.444 e. The number of hydrogen-bond donors (Lipinski definition) is 1. The van der Waals surface area contributed by atoms with Crippen LogP contribution in [0.25, 0.3) is 0 Å². The summed E-state index contributed by atoms with van der Waals surface area (Å²) in [5.74, 6) is 0. The monoisotopic (exact) mass is 265 g/mol. The van der Waals surface area contributed by atoms with Crippen molar-refractivity contribution in [2.75, 3.05) is 13.1 Å². The second-order valence-electron chi connectivity index (χ2n) is 6.14. The molecule has 2 aliphatic heterocycles. The smallest absolute Gasteiger partial charge is 0.410 e. The van der Waals surface area contributed by atoms with E-state index < -0.39 is 5.60 Å². The van der Waals surface area contributed by atoms with Gasteiger partial charge < -0.3 is 14.4 Å². The molecule has 3 rings (SSSR count). The number of H-pyrrole nitrogens is 1. The molecule has 1 saturated heterocycles. The maximum atomic E-state index is 12.1. The van der Waals surface area contributed by atoms with E-state index in [1.54, 1.807) is 11.1 Å². The van der Waals surface area contributed by atoms with Crippen LogP contribution in [0.15, 0.2) is 6.20 Å². The average molecular weight is 265 g/mol. The number of aromatic nitrogens is 2. The van der Waals surface area contributed by atoms with Gasteiger partial charge >= 0.3 is 6.09 Å². The zero-order valence-electron chi connectivity index (χ0n) is 11.5. The van der Waals surface area contributed by atoms with Gasteiger partial charge in [0.25, 0.3) is 0 Å². The molecule has 1 aromatic heterocycles. The summed E-state index contributed by atoms with van der Waals surface area (Å²) in [5, 5.41) is 7.06. The van der Waals surface area contributed by atoms with E-state index in [0.717, 1.165) is 17.7 Å². The van der Waals surface area contributed by atoms with Crippen LogP contribution in [0.4, 0.5) is 4.79 Å². The second-order valence-corrected chi connectivity index (χ2v) is 6.14. The molecule has 6 nitrogen and oxygen atoms in total. The van der Waals surface area contributed by atoms with Crippen molar-refractivity contribution < 1.29 is 14.3 Å². The third-order valence-corrected chi connectivity index (χ3v) is 3.35. The normalized spacial score (nSPS) is 25.9. The topological polar surface area (TPSA) is 67.5 Å². The molecular weight excluding hydrogens is 246 g/mol. The van der Waals surface area contributed by atoms with Gasteiger partial charge in [0.15, 0.2) is 0 Å². The maximum Gasteiger partial charge on any atom is 0.410 e. The first-order valence-electron chi connectivity index (χ1n) is 6.58. The fourth-order valence-electron chi connectivity index (χ4n) is 2.59. The van der Waals surface area contributed by atoms with Gasteiger partial charge in [-0.05, 0) is 20.8 Å². The molecule has 0 radical (unpaired) electrons. The standard InChI is InChI=1S/C13H19N3O3/c1-13(2,3)19-12(17)16-6-8-4-10-9(5-14-15-10)11(7-16)18-8/h5,8,11H,4,6-7H2,1-3H3,(H,14,15). The molecule has 6 heteroatoms. The average Bonchev–Trinajstić information content (AvgIpc) is 2.74. The molecule has 0 saturated carbocycles. The third kappa shape index (κ3) is 2.45. The number of carbonyl (C=O) groups excluding carboxylic acids is 1. The van der Waals surface area contributed by atoms with Gasteiger partial charge in [-0.2, -0.15) is 5.10 Å². The number of amides is 1. The number of morpholine rings is 1. The van der Waals surface area contributed by atoms with Crippen LogP contribution in [0, 0.1) is 0 Å². The number of fused-ring (bicyclic) bond motifs is 4. The molecule has 104 valence electrons. The van der Waals surface area contributed by atoms with E-state index >= 15 is 0 Å². The molecule has 0 aromatic carbocycles. The second kappa shape index (κ2) is 4.23. The third-order valence-electron chi connectivity index (χ3n) is 3.35. The lowest BCUT2D eigenvalue weighted by Crippen LogP contribution is -2.51. The van der Waals surface area contributed by atoms with Crippen molar-refractivity contribution in [3.05, 3.63) is 17.5 Å². The first-order valence-corrected chi connectivity index (χ1v) is 6.58. The van der Waals surface area contributed by atoms with Crippen molar-refractivity contribution in [3.8, 4) is 0 Å². The van der Waals surface area contributed by atoms with Crippen LogP contribution in [-0.2, 0) is 15.9 Å². The molecule has 2 bridgehead atoms. The summed E-state index contributed by atoms with van der Waals surface area (Å²) in [5.41, 5.74) is 1.72. The first kappa shape index (κ1) is 12.5. The highest BCUT2D eigenvalue weighted by Crippen LogP contribution is 2.33. The zero-order chi connectivity index (χ0) is 13.6. The lowest BCUT2D eigenvalue weighted by Gasteiger charge is -2.41. The number of ether oxygens (including phenoxy) is 2. The first-order chi connectivity index (χ1) is 8.92. The van der Waals surface area contributed by atoms with Crippen molar-refractivity contribution in [2.45, 2.75) is 45.0 Å². The minimum absolute atomic E-state index is 0.0271. The van der Waals surface area contributed by atoms with Gasteiger partial charge in [0.1, 0.15) is 11.7 Å². The van der Waals surface area contributed by atoms with E-state index in [-0.39, 0.29) is 18.3 Å². The van der Waals surface area contributed by atoms with Crippen molar-refractivity contribution in [3.63, 3.8) is 0 Å². The summed E-state index contributed by atoms with van der Waals surface area (Å²) in [4.78, 5) is 13.9. The largest absolute Gasteiger partial charge is 0.444 e. The number of carbonyl (C=O) groups is 1. The Hall–Kier alpha value is -1.56. The molecule has 19 heavy (non-hydrogen) atoms. The molecule has 2 atom stereocenters. The minimum atomic E-state index is -0.467. The number of nitrogens with zero attached hydrogens (tertiary/aromatic N) is 2. The van der Waals surface area contributed by atoms with Gasteiger partial charge in [0.2, 0.25) is 0 Å². The Morgan fingerprint density at radius 2 is 2.32 bits per heavy atom. The number of hydrogen-bond acceptors (Lipinski definition) is 4. The van der Waals surface area contributed by atoms with Gasteiger partial charge in [-0.1, -0.05) is 0 Å². The number of aromatic amines is 1. The highest BCUT2D eigenvalue weighted by atomic mass is 16.6. The summed E-state index contributed by atoms with van der Waals surface area (Å²) >= 11 is 0. The molecule has 3 heterocycles. The predicted octanol–water partition coefficient (Wildman–Crippen LogP) is 1.64. The van der Waals surface area contributed by atoms with Crippen LogP contribution in [0.5, 0.6) is 0 Å². The van der Waals surface area contributed by atoms with Crippen LogP contribution < -0.4 is 0 Å². The Kier molecular flexibility index (Phi) is 2.78. The fourth-order valence-corrected chi connectivity index (χ4v) is 2.59. The molecule has 2 aliphatic rings. The Bertz CT molecular complexity index is 492. The Balaban J connectivity index is 1.74. The molecule has 1 aromatic rings. The maximum absolute atomic E-state index is 12.1. The van der Waals surface area contributed by atoms with Crippen LogP contribution in [0.2, 0.25) is 0 Å². The van der Waals surface area contributed by atoms with Crippen molar-refractivity contribution >= 4 is 6.09 Å². The summed E-state index contributed by atoms with van der Waals surface area (Å²) < 4.78 is 11.3. The molecule has 2 unspecified atom stereocenters. The Morgan fingerprint density at radius 3 is 3.05 bits per heavy atom. The van der Waals surface area contributed by atoms with E-state index in [1.165, 1.54) is 0 Å². The highest BCUT2D eigenvalue weighted by molar-refractivity contribution is 5.68. The SMILES string of the molecule is CC(C)(C)OC(=O)N1CC2Cc3[nH]ncc3C(C1)O2. The number of nitrogens with one attached hydrogen (secondary N) is 1. The van der Waals surface area contributed by atoms with E-state index in [2.05, 4.69) is 10.2 Å². The van der Waals surface area contributed by atoms with E-state index in [4.69, 9.17) is 9.47 Å². The van der Waals surface area contributed by atoms with Crippen LogP contribution in [0.3, 0.4) is 0 Å². The Morgan fingerprint density at radius 1 is 1.53 bits per heavy atom. The van der Waals surface area contributed by atoms with Gasteiger partial charge in [0, 0.05) is 17.7 Å². The van der Waals surface area contributed by atoms with Crippen molar-refractivity contribution in [1.82, 2.24) is 15.1 Å². The molecular formula is C13H19N3O3. The van der Waals surface area contributed by atoms with Crippen molar-refractivity contribution in [1.29, 1.82) is 0 Å².